The number of benzene rings is 3. The first kappa shape index (κ1) is 27.7. The zero-order valence-electron chi connectivity index (χ0n) is 21.7. The molecule has 0 unspecified atom stereocenters. The van der Waals surface area contributed by atoms with Gasteiger partial charge in [0.05, 0.1) is 13.7 Å². The van der Waals surface area contributed by atoms with Gasteiger partial charge in [-0.2, -0.15) is 0 Å². The van der Waals surface area contributed by atoms with Crippen LogP contribution in [0.2, 0.25) is 0 Å². The standard InChI is InChI=1S/C30H33BrN2O5/c1-21-30(20-23-7-11-25(31)12-8-23,29(35)32-16-15-22-5-3-6-27(19-22)36-2)33-28(38-21)24-9-13-26(14-10-24)37-18-4-17-34/h3,5-14,19,21,34H,4,15-18,20H2,1-2H3,(H,32,35)/t21-,30-/m1/s1. The highest BCUT2D eigenvalue weighted by Crippen LogP contribution is 2.33. The monoisotopic (exact) mass is 580 g/mol. The first-order valence-corrected chi connectivity index (χ1v) is 13.5. The molecule has 0 aliphatic carbocycles. The van der Waals surface area contributed by atoms with Gasteiger partial charge in [0, 0.05) is 36.0 Å². The number of hydrogen-bond acceptors (Lipinski definition) is 6. The summed E-state index contributed by atoms with van der Waals surface area (Å²) in [5, 5.41) is 12.1. The Hall–Kier alpha value is -3.36. The molecule has 1 heterocycles. The van der Waals surface area contributed by atoms with E-state index in [1.54, 1.807) is 7.11 Å². The molecule has 0 spiro atoms. The summed E-state index contributed by atoms with van der Waals surface area (Å²) < 4.78 is 18.1. The molecule has 8 heteroatoms. The molecule has 0 saturated carbocycles. The zero-order valence-corrected chi connectivity index (χ0v) is 23.2. The van der Waals surface area contributed by atoms with Crippen molar-refractivity contribution >= 4 is 27.7 Å². The minimum Gasteiger partial charge on any atom is -0.497 e. The van der Waals surface area contributed by atoms with Crippen LogP contribution in [-0.2, 0) is 22.4 Å². The molecule has 0 radical (unpaired) electrons. The first-order chi connectivity index (χ1) is 18.4. The predicted octanol–water partition coefficient (Wildman–Crippen LogP) is 4.72. The molecule has 1 amide bonds. The Morgan fingerprint density at radius 1 is 1.08 bits per heavy atom. The van der Waals surface area contributed by atoms with Gasteiger partial charge >= 0.3 is 0 Å². The first-order valence-electron chi connectivity index (χ1n) is 12.7. The minimum absolute atomic E-state index is 0.0860. The van der Waals surface area contributed by atoms with Crippen LogP contribution >= 0.6 is 15.9 Å². The van der Waals surface area contributed by atoms with Crippen molar-refractivity contribution in [1.82, 2.24) is 5.32 Å². The number of methoxy groups -OCH3 is 1. The van der Waals surface area contributed by atoms with Crippen LogP contribution in [0.1, 0.15) is 30.0 Å². The Kier molecular flexibility index (Phi) is 9.42. The summed E-state index contributed by atoms with van der Waals surface area (Å²) in [7, 11) is 1.64. The van der Waals surface area contributed by atoms with E-state index in [4.69, 9.17) is 24.3 Å². The van der Waals surface area contributed by atoms with Crippen molar-refractivity contribution in [2.24, 2.45) is 4.99 Å². The number of ether oxygens (including phenoxy) is 3. The van der Waals surface area contributed by atoms with E-state index >= 15 is 0 Å². The number of hydrogen-bond donors (Lipinski definition) is 2. The molecule has 38 heavy (non-hydrogen) atoms. The Morgan fingerprint density at radius 3 is 2.55 bits per heavy atom. The Bertz CT molecular complexity index is 1250. The molecule has 2 N–H and O–H groups in total. The van der Waals surface area contributed by atoms with Gasteiger partial charge in [-0.1, -0.05) is 40.2 Å². The molecule has 1 aliphatic rings. The fraction of sp³-hybridized carbons (Fsp3) is 0.333. The fourth-order valence-electron chi connectivity index (χ4n) is 4.36. The van der Waals surface area contributed by atoms with Gasteiger partial charge in [0.2, 0.25) is 5.90 Å². The van der Waals surface area contributed by atoms with Crippen molar-refractivity contribution in [2.75, 3.05) is 26.9 Å². The molecule has 0 fully saturated rings. The summed E-state index contributed by atoms with van der Waals surface area (Å²) in [4.78, 5) is 18.7. The fourth-order valence-corrected chi connectivity index (χ4v) is 4.62. The second-order valence-electron chi connectivity index (χ2n) is 9.21. The number of carbonyl (C=O) groups excluding carboxylic acids is 1. The lowest BCUT2D eigenvalue weighted by Gasteiger charge is -2.28. The molecule has 0 aromatic heterocycles. The normalized spacial score (nSPS) is 18.4. The van der Waals surface area contributed by atoms with Gasteiger partial charge in [-0.3, -0.25) is 4.79 Å². The summed E-state index contributed by atoms with van der Waals surface area (Å²) in [6, 6.07) is 23.2. The second-order valence-corrected chi connectivity index (χ2v) is 10.1. The average Bonchev–Trinajstić information content (AvgIpc) is 3.27. The van der Waals surface area contributed by atoms with E-state index in [1.807, 2.05) is 79.7 Å². The number of aliphatic imine (C=N–C) groups is 1. The summed E-state index contributed by atoms with van der Waals surface area (Å²) in [6.45, 7) is 2.88. The number of amides is 1. The molecule has 4 rings (SSSR count). The lowest BCUT2D eigenvalue weighted by molar-refractivity contribution is -0.128. The Labute approximate surface area is 232 Å². The highest BCUT2D eigenvalue weighted by atomic mass is 79.9. The van der Waals surface area contributed by atoms with Crippen LogP contribution in [0.25, 0.3) is 0 Å². The van der Waals surface area contributed by atoms with Crippen molar-refractivity contribution in [3.8, 4) is 11.5 Å². The third-order valence-corrected chi connectivity index (χ3v) is 7.08. The number of nitrogens with zero attached hydrogens (tertiary/aromatic N) is 1. The van der Waals surface area contributed by atoms with Crippen molar-refractivity contribution in [1.29, 1.82) is 0 Å². The summed E-state index contributed by atoms with van der Waals surface area (Å²) in [6.07, 6.45) is 1.16. The van der Waals surface area contributed by atoms with E-state index in [2.05, 4.69) is 21.2 Å². The van der Waals surface area contributed by atoms with Crippen LogP contribution in [0.3, 0.4) is 0 Å². The van der Waals surface area contributed by atoms with Crippen molar-refractivity contribution in [3.05, 3.63) is 94.0 Å². The SMILES string of the molecule is COc1cccc(CCNC(=O)[C@]2(Cc3ccc(Br)cc3)N=C(c3ccc(OCCCO)cc3)O[C@@H]2C)c1. The van der Waals surface area contributed by atoms with Crippen LogP contribution in [0.5, 0.6) is 11.5 Å². The number of aliphatic hydroxyl groups excluding tert-OH is 1. The van der Waals surface area contributed by atoms with Crippen LogP contribution in [0, 0.1) is 0 Å². The number of nitrogens with one attached hydrogen (secondary N) is 1. The smallest absolute Gasteiger partial charge is 0.252 e. The minimum atomic E-state index is -1.12. The van der Waals surface area contributed by atoms with Gasteiger partial charge in [0.1, 0.15) is 17.6 Å². The molecular formula is C30H33BrN2O5. The average molecular weight is 582 g/mol. The maximum absolute atomic E-state index is 13.8. The van der Waals surface area contributed by atoms with Crippen LogP contribution < -0.4 is 14.8 Å². The van der Waals surface area contributed by atoms with Gasteiger partial charge in [-0.15, -0.1) is 0 Å². The van der Waals surface area contributed by atoms with E-state index in [0.29, 0.717) is 44.1 Å². The summed E-state index contributed by atoms with van der Waals surface area (Å²) >= 11 is 3.48. The van der Waals surface area contributed by atoms with Gasteiger partial charge in [0.25, 0.3) is 5.91 Å². The quantitative estimate of drug-likeness (QED) is 0.302. The number of halogens is 1. The van der Waals surface area contributed by atoms with Crippen LogP contribution in [-0.4, -0.2) is 55.4 Å². The third kappa shape index (κ3) is 6.74. The van der Waals surface area contributed by atoms with Crippen LogP contribution in [0.15, 0.2) is 82.3 Å². The summed E-state index contributed by atoms with van der Waals surface area (Å²) in [5.74, 6) is 1.75. The lowest BCUT2D eigenvalue weighted by Crippen LogP contribution is -2.52. The van der Waals surface area contributed by atoms with Gasteiger partial charge < -0.3 is 24.6 Å². The molecule has 0 bridgehead atoms. The maximum Gasteiger partial charge on any atom is 0.252 e. The third-order valence-electron chi connectivity index (χ3n) is 6.55. The predicted molar refractivity (Wildman–Crippen MR) is 151 cm³/mol. The molecule has 0 saturated heterocycles. The topological polar surface area (TPSA) is 89.4 Å². The van der Waals surface area contributed by atoms with E-state index in [-0.39, 0.29) is 12.5 Å². The molecule has 200 valence electrons. The van der Waals surface area contributed by atoms with Crippen molar-refractivity contribution in [2.45, 2.75) is 37.8 Å². The number of rotatable bonds is 12. The molecule has 1 aliphatic heterocycles. The Morgan fingerprint density at radius 2 is 1.84 bits per heavy atom. The van der Waals surface area contributed by atoms with Gasteiger partial charge in [0.15, 0.2) is 5.54 Å². The number of aliphatic hydroxyl groups is 1. The molecule has 7 nitrogen and oxygen atoms in total. The highest BCUT2D eigenvalue weighted by Gasteiger charge is 2.50. The van der Waals surface area contributed by atoms with E-state index in [1.165, 1.54) is 0 Å². The number of carbonyl (C=O) groups is 1. The molecular weight excluding hydrogens is 548 g/mol. The molecule has 3 aromatic rings. The zero-order chi connectivity index (χ0) is 27.0. The Balaban J connectivity index is 1.55. The highest BCUT2D eigenvalue weighted by molar-refractivity contribution is 9.10. The molecule has 3 aromatic carbocycles. The largest absolute Gasteiger partial charge is 0.497 e. The second kappa shape index (κ2) is 12.9. The van der Waals surface area contributed by atoms with Crippen molar-refractivity contribution in [3.63, 3.8) is 0 Å². The molecule has 2 atom stereocenters. The maximum atomic E-state index is 13.8. The van der Waals surface area contributed by atoms with Gasteiger partial charge in [-0.25, -0.2) is 4.99 Å². The lowest BCUT2D eigenvalue weighted by atomic mass is 9.86. The van der Waals surface area contributed by atoms with E-state index in [9.17, 15) is 4.79 Å². The van der Waals surface area contributed by atoms with Crippen LogP contribution in [0.4, 0.5) is 0 Å². The summed E-state index contributed by atoms with van der Waals surface area (Å²) in [5.41, 5.74) is 1.72. The van der Waals surface area contributed by atoms with Gasteiger partial charge in [-0.05, 0) is 73.0 Å². The van der Waals surface area contributed by atoms with E-state index < -0.39 is 11.6 Å². The van der Waals surface area contributed by atoms with Crippen molar-refractivity contribution < 1.29 is 24.1 Å². The van der Waals surface area contributed by atoms with E-state index in [0.717, 1.165) is 26.9 Å².